The number of nitrogens with one attached hydrogen (secondary N) is 3. The van der Waals surface area contributed by atoms with Crippen LogP contribution in [0.3, 0.4) is 0 Å². The number of nitriles is 1. The number of carbonyl (C=O) groups excluding carboxylic acids is 1. The molecule has 2 heterocycles. The first-order valence-electron chi connectivity index (χ1n) is 7.97. The first-order valence-corrected chi connectivity index (χ1v) is 9.18. The number of aromatic nitrogens is 3. The van der Waals surface area contributed by atoms with E-state index in [1.807, 2.05) is 6.07 Å². The van der Waals surface area contributed by atoms with E-state index in [0.29, 0.717) is 11.4 Å². The molecule has 148 valence electrons. The monoisotopic (exact) mass is 417 g/mol. The zero-order chi connectivity index (χ0) is 21.0. The smallest absolute Gasteiger partial charge is 0.330 e. The van der Waals surface area contributed by atoms with Crippen molar-refractivity contribution >= 4 is 34.2 Å². The number of amides is 1. The third kappa shape index (κ3) is 4.53. The summed E-state index contributed by atoms with van der Waals surface area (Å²) in [4.78, 5) is 16.0. The second kappa shape index (κ2) is 8.44. The van der Waals surface area contributed by atoms with Gasteiger partial charge in [-0.25, -0.2) is 9.19 Å². The number of benzene rings is 1. The highest BCUT2D eigenvalue weighted by molar-refractivity contribution is 7.86. The first-order chi connectivity index (χ1) is 13.9. The standard InChI is InChI=1S/C17H13F2N7O2S/c18-17(19)29(28)26-10-6-4-9(5-7-10)14-13(15(21)27)16(25-24-14)23-12-3-1-2-11(8-20)22-12/h1-7,17,26H,(H2,21,27)(H2,22,23,24,25). The Hall–Kier alpha value is -3.85. The minimum absolute atomic E-state index is 0.0472. The van der Waals surface area contributed by atoms with E-state index in [9.17, 15) is 17.8 Å². The molecule has 0 radical (unpaired) electrons. The third-order valence-corrected chi connectivity index (χ3v) is 4.44. The molecule has 1 atom stereocenters. The van der Waals surface area contributed by atoms with Crippen LogP contribution in [0.2, 0.25) is 0 Å². The van der Waals surface area contributed by atoms with Crippen LogP contribution >= 0.6 is 0 Å². The number of primary amides is 1. The van der Waals surface area contributed by atoms with Crippen molar-refractivity contribution in [2.24, 2.45) is 5.73 Å². The summed E-state index contributed by atoms with van der Waals surface area (Å²) in [6.45, 7) is 0. The number of pyridine rings is 1. The van der Waals surface area contributed by atoms with Crippen molar-refractivity contribution in [1.82, 2.24) is 15.2 Å². The predicted molar refractivity (Wildman–Crippen MR) is 103 cm³/mol. The lowest BCUT2D eigenvalue weighted by Crippen LogP contribution is -2.14. The largest absolute Gasteiger partial charge is 0.365 e. The molecule has 0 aliphatic rings. The van der Waals surface area contributed by atoms with Crippen molar-refractivity contribution in [3.8, 4) is 17.3 Å². The quantitative estimate of drug-likeness (QED) is 0.464. The Balaban J connectivity index is 1.89. The van der Waals surface area contributed by atoms with Crippen LogP contribution in [0.25, 0.3) is 11.3 Å². The molecule has 29 heavy (non-hydrogen) atoms. The molecule has 1 unspecified atom stereocenters. The van der Waals surface area contributed by atoms with Gasteiger partial charge in [-0.05, 0) is 24.3 Å². The number of alkyl halides is 2. The van der Waals surface area contributed by atoms with Crippen LogP contribution in [0.4, 0.5) is 26.1 Å². The molecule has 0 saturated heterocycles. The van der Waals surface area contributed by atoms with Gasteiger partial charge in [-0.15, -0.1) is 0 Å². The minimum atomic E-state index is -3.02. The van der Waals surface area contributed by atoms with E-state index < -0.39 is 22.7 Å². The summed E-state index contributed by atoms with van der Waals surface area (Å²) in [6, 6.07) is 12.5. The van der Waals surface area contributed by atoms with Crippen LogP contribution in [0.5, 0.6) is 0 Å². The summed E-state index contributed by atoms with van der Waals surface area (Å²) in [5.41, 5.74) is 6.71. The SMILES string of the molecule is N#Cc1cccc(Nc2n[nH]c(-c3ccc(NS(=O)C(F)F)cc3)c2C(N)=O)n1. The van der Waals surface area contributed by atoms with E-state index in [4.69, 9.17) is 11.0 Å². The van der Waals surface area contributed by atoms with Gasteiger partial charge in [-0.2, -0.15) is 19.1 Å². The molecule has 0 bridgehead atoms. The fourth-order valence-electron chi connectivity index (χ4n) is 2.43. The molecule has 0 saturated carbocycles. The van der Waals surface area contributed by atoms with Crippen LogP contribution in [0.1, 0.15) is 16.1 Å². The second-order valence-electron chi connectivity index (χ2n) is 5.57. The zero-order valence-electron chi connectivity index (χ0n) is 14.5. The number of halogens is 2. The van der Waals surface area contributed by atoms with Gasteiger partial charge in [0.05, 0.1) is 5.69 Å². The Morgan fingerprint density at radius 3 is 2.59 bits per heavy atom. The van der Waals surface area contributed by atoms with E-state index in [0.717, 1.165) is 0 Å². The van der Waals surface area contributed by atoms with Crippen molar-refractivity contribution in [3.05, 3.63) is 53.7 Å². The topological polar surface area (TPSA) is 150 Å². The van der Waals surface area contributed by atoms with Crippen molar-refractivity contribution in [1.29, 1.82) is 5.26 Å². The summed E-state index contributed by atoms with van der Waals surface area (Å²) in [7, 11) is -2.52. The van der Waals surface area contributed by atoms with E-state index in [-0.39, 0.29) is 28.5 Å². The van der Waals surface area contributed by atoms with Crippen molar-refractivity contribution in [2.75, 3.05) is 10.0 Å². The summed E-state index contributed by atoms with van der Waals surface area (Å²) in [6.07, 6.45) is 0. The van der Waals surface area contributed by atoms with Gasteiger partial charge in [-0.3, -0.25) is 9.89 Å². The number of nitrogens with zero attached hydrogens (tertiary/aromatic N) is 3. The van der Waals surface area contributed by atoms with Gasteiger partial charge in [0.25, 0.3) is 5.91 Å². The lowest BCUT2D eigenvalue weighted by atomic mass is 10.1. The normalized spacial score (nSPS) is 11.7. The maximum atomic E-state index is 12.4. The van der Waals surface area contributed by atoms with Gasteiger partial charge in [0.1, 0.15) is 23.1 Å². The van der Waals surface area contributed by atoms with Gasteiger partial charge in [-0.1, -0.05) is 18.2 Å². The van der Waals surface area contributed by atoms with E-state index in [2.05, 4.69) is 25.2 Å². The Morgan fingerprint density at radius 2 is 1.97 bits per heavy atom. The molecular weight excluding hydrogens is 404 g/mol. The average Bonchev–Trinajstić information content (AvgIpc) is 3.12. The molecule has 9 nitrogen and oxygen atoms in total. The summed E-state index contributed by atoms with van der Waals surface area (Å²) >= 11 is 0. The minimum Gasteiger partial charge on any atom is -0.365 e. The number of hydrogen-bond donors (Lipinski definition) is 4. The van der Waals surface area contributed by atoms with Crippen LogP contribution in [0.15, 0.2) is 42.5 Å². The molecule has 1 amide bonds. The lowest BCUT2D eigenvalue weighted by Gasteiger charge is -2.07. The Kier molecular flexibility index (Phi) is 5.79. The van der Waals surface area contributed by atoms with Gasteiger partial charge >= 0.3 is 5.76 Å². The van der Waals surface area contributed by atoms with Gasteiger partial charge in [0.2, 0.25) is 0 Å². The van der Waals surface area contributed by atoms with Crippen LogP contribution < -0.4 is 15.8 Å². The molecule has 2 aromatic heterocycles. The number of H-pyrrole nitrogens is 1. The summed E-state index contributed by atoms with van der Waals surface area (Å²) < 4.78 is 38.1. The maximum absolute atomic E-state index is 12.4. The highest BCUT2D eigenvalue weighted by Gasteiger charge is 2.20. The van der Waals surface area contributed by atoms with Crippen molar-refractivity contribution in [2.45, 2.75) is 5.76 Å². The molecule has 0 aliphatic carbocycles. The number of anilines is 3. The third-order valence-electron chi connectivity index (χ3n) is 3.68. The molecule has 1 aromatic carbocycles. The Morgan fingerprint density at radius 1 is 1.24 bits per heavy atom. The molecular formula is C17H13F2N7O2S. The number of nitrogens with two attached hydrogens (primary N) is 1. The Labute approximate surface area is 165 Å². The van der Waals surface area contributed by atoms with Crippen LogP contribution in [-0.4, -0.2) is 31.1 Å². The fraction of sp³-hybridized carbons (Fsp3) is 0.0588. The average molecular weight is 417 g/mol. The van der Waals surface area contributed by atoms with E-state index >= 15 is 0 Å². The number of aromatic amines is 1. The summed E-state index contributed by atoms with van der Waals surface area (Å²) in [5.74, 6) is -3.39. The molecule has 12 heteroatoms. The molecule has 3 rings (SSSR count). The number of carbonyl (C=O) groups is 1. The van der Waals surface area contributed by atoms with Gasteiger partial charge in [0, 0.05) is 11.3 Å². The van der Waals surface area contributed by atoms with Gasteiger partial charge in [0.15, 0.2) is 16.8 Å². The fourth-order valence-corrected chi connectivity index (χ4v) is 2.89. The highest BCUT2D eigenvalue weighted by Crippen LogP contribution is 2.29. The van der Waals surface area contributed by atoms with Crippen molar-refractivity contribution < 1.29 is 17.8 Å². The zero-order valence-corrected chi connectivity index (χ0v) is 15.3. The van der Waals surface area contributed by atoms with Crippen LogP contribution in [0, 0.1) is 11.3 Å². The molecule has 3 aromatic rings. The Bertz CT molecular complexity index is 1110. The molecule has 5 N–H and O–H groups in total. The predicted octanol–water partition coefficient (Wildman–Crippen LogP) is 2.48. The summed E-state index contributed by atoms with van der Waals surface area (Å²) in [5, 5.41) is 18.5. The van der Waals surface area contributed by atoms with E-state index in [1.165, 1.54) is 30.3 Å². The number of hydrogen-bond acceptors (Lipinski definition) is 6. The highest BCUT2D eigenvalue weighted by atomic mass is 32.2. The lowest BCUT2D eigenvalue weighted by molar-refractivity contribution is 0.100. The molecule has 0 aliphatic heterocycles. The van der Waals surface area contributed by atoms with E-state index in [1.54, 1.807) is 12.1 Å². The molecule has 0 fully saturated rings. The van der Waals surface area contributed by atoms with Crippen LogP contribution in [-0.2, 0) is 11.0 Å². The number of rotatable bonds is 7. The van der Waals surface area contributed by atoms with Crippen molar-refractivity contribution in [3.63, 3.8) is 0 Å². The maximum Gasteiger partial charge on any atom is 0.330 e. The first kappa shape index (κ1) is 19.9. The van der Waals surface area contributed by atoms with Gasteiger partial charge < -0.3 is 15.8 Å². The molecule has 0 spiro atoms. The second-order valence-corrected chi connectivity index (χ2v) is 6.72.